The molecule has 1 saturated heterocycles. The van der Waals surface area contributed by atoms with E-state index in [9.17, 15) is 8.42 Å². The Morgan fingerprint density at radius 1 is 1.44 bits per heavy atom. The van der Waals surface area contributed by atoms with Gasteiger partial charge in [0.2, 0.25) is 10.0 Å². The minimum atomic E-state index is -3.52. The molecule has 0 bridgehead atoms. The van der Waals surface area contributed by atoms with Gasteiger partial charge < -0.3 is 4.74 Å². The smallest absolute Gasteiger partial charge is 0.240 e. The maximum Gasteiger partial charge on any atom is 0.240 e. The summed E-state index contributed by atoms with van der Waals surface area (Å²) < 4.78 is 32.7. The van der Waals surface area contributed by atoms with Gasteiger partial charge in [-0.1, -0.05) is 11.6 Å². The van der Waals surface area contributed by atoms with Crippen molar-refractivity contribution in [2.75, 3.05) is 13.2 Å². The number of sulfonamides is 1. The van der Waals surface area contributed by atoms with E-state index >= 15 is 0 Å². The van der Waals surface area contributed by atoms with Gasteiger partial charge in [-0.05, 0) is 47.0 Å². The highest BCUT2D eigenvalue weighted by Gasteiger charge is 2.22. The molecule has 2 rings (SSSR count). The third-order valence-electron chi connectivity index (χ3n) is 2.68. The molecule has 1 atom stereocenters. The van der Waals surface area contributed by atoms with Gasteiger partial charge in [0, 0.05) is 17.1 Å². The number of hydrogen-bond donors (Lipinski definition) is 1. The lowest BCUT2D eigenvalue weighted by Gasteiger charge is -2.23. The van der Waals surface area contributed by atoms with Crippen LogP contribution in [0.5, 0.6) is 0 Å². The molecule has 0 aromatic heterocycles. The van der Waals surface area contributed by atoms with Gasteiger partial charge in [0.25, 0.3) is 0 Å². The van der Waals surface area contributed by atoms with Crippen molar-refractivity contribution in [3.63, 3.8) is 0 Å². The summed E-state index contributed by atoms with van der Waals surface area (Å²) in [6.07, 6.45) is 1.67. The Balaban J connectivity index is 2.16. The molecule has 1 aliphatic rings. The minimum absolute atomic E-state index is 0.154. The maximum atomic E-state index is 12.1. The van der Waals surface area contributed by atoms with Crippen molar-refractivity contribution in [1.29, 1.82) is 0 Å². The molecule has 7 heteroatoms. The summed E-state index contributed by atoms with van der Waals surface area (Å²) in [5.41, 5.74) is 0. The molecule has 0 amide bonds. The van der Waals surface area contributed by atoms with E-state index in [1.165, 1.54) is 12.1 Å². The zero-order valence-electron chi connectivity index (χ0n) is 9.53. The van der Waals surface area contributed by atoms with Crippen LogP contribution in [0.4, 0.5) is 0 Å². The maximum absolute atomic E-state index is 12.1. The zero-order valence-corrected chi connectivity index (χ0v) is 12.7. The van der Waals surface area contributed by atoms with Gasteiger partial charge in [-0.15, -0.1) is 0 Å². The van der Waals surface area contributed by atoms with E-state index in [1.54, 1.807) is 6.07 Å². The molecule has 1 N–H and O–H groups in total. The number of rotatable bonds is 3. The fourth-order valence-electron chi connectivity index (χ4n) is 1.77. The molecule has 1 unspecified atom stereocenters. The van der Waals surface area contributed by atoms with Crippen LogP contribution in [-0.4, -0.2) is 27.7 Å². The SMILES string of the molecule is O=S(=O)(NC1CCCOC1)c1ccc(Cl)c(Br)c1. The summed E-state index contributed by atoms with van der Waals surface area (Å²) in [5.74, 6) is 0. The van der Waals surface area contributed by atoms with Crippen molar-refractivity contribution in [2.24, 2.45) is 0 Å². The van der Waals surface area contributed by atoms with Gasteiger partial charge in [0.05, 0.1) is 16.5 Å². The first-order chi connectivity index (χ1) is 8.49. The molecular formula is C11H13BrClNO3S. The predicted molar refractivity (Wildman–Crippen MR) is 73.3 cm³/mol. The van der Waals surface area contributed by atoms with Crippen molar-refractivity contribution in [1.82, 2.24) is 4.72 Å². The Hall–Kier alpha value is -0.140. The topological polar surface area (TPSA) is 55.4 Å². The molecule has 1 heterocycles. The van der Waals surface area contributed by atoms with Gasteiger partial charge in [-0.25, -0.2) is 13.1 Å². The summed E-state index contributed by atoms with van der Waals surface area (Å²) in [7, 11) is -3.52. The van der Waals surface area contributed by atoms with E-state index in [1.807, 2.05) is 0 Å². The van der Waals surface area contributed by atoms with Gasteiger partial charge in [0.1, 0.15) is 0 Å². The standard InChI is InChI=1S/C11H13BrClNO3S/c12-10-6-9(3-4-11(10)13)18(15,16)14-8-2-1-5-17-7-8/h3-4,6,8,14H,1-2,5,7H2. The second-order valence-electron chi connectivity index (χ2n) is 4.11. The first-order valence-electron chi connectivity index (χ1n) is 5.54. The summed E-state index contributed by atoms with van der Waals surface area (Å²) >= 11 is 9.06. The highest BCUT2D eigenvalue weighted by atomic mass is 79.9. The first kappa shape index (κ1) is 14.3. The number of nitrogens with one attached hydrogen (secondary N) is 1. The molecule has 0 saturated carbocycles. The molecule has 1 aromatic rings. The Kier molecular flexibility index (Phi) is 4.66. The quantitative estimate of drug-likeness (QED) is 0.907. The van der Waals surface area contributed by atoms with Crippen LogP contribution >= 0.6 is 27.5 Å². The molecule has 4 nitrogen and oxygen atoms in total. The van der Waals surface area contributed by atoms with Gasteiger partial charge in [0.15, 0.2) is 0 Å². The molecule has 0 aliphatic carbocycles. The van der Waals surface area contributed by atoms with Crippen LogP contribution in [0.2, 0.25) is 5.02 Å². The fraction of sp³-hybridized carbons (Fsp3) is 0.455. The fourth-order valence-corrected chi connectivity index (χ4v) is 3.69. The second kappa shape index (κ2) is 5.88. The van der Waals surface area contributed by atoms with Crippen molar-refractivity contribution in [3.05, 3.63) is 27.7 Å². The molecule has 1 aliphatic heterocycles. The zero-order chi connectivity index (χ0) is 13.2. The molecule has 1 aromatic carbocycles. The van der Waals surface area contributed by atoms with E-state index in [0.29, 0.717) is 22.7 Å². The molecule has 1 fully saturated rings. The van der Waals surface area contributed by atoms with E-state index in [-0.39, 0.29) is 10.9 Å². The van der Waals surface area contributed by atoms with E-state index in [4.69, 9.17) is 16.3 Å². The van der Waals surface area contributed by atoms with Crippen molar-refractivity contribution >= 4 is 37.6 Å². The van der Waals surface area contributed by atoms with Crippen molar-refractivity contribution in [3.8, 4) is 0 Å². The van der Waals surface area contributed by atoms with E-state index in [0.717, 1.165) is 12.8 Å². The lowest BCUT2D eigenvalue weighted by atomic mass is 10.1. The molecular weight excluding hydrogens is 342 g/mol. The Bertz CT molecular complexity index is 529. The lowest BCUT2D eigenvalue weighted by Crippen LogP contribution is -2.40. The van der Waals surface area contributed by atoms with Crippen molar-refractivity contribution < 1.29 is 13.2 Å². The average molecular weight is 355 g/mol. The Morgan fingerprint density at radius 2 is 2.22 bits per heavy atom. The van der Waals surface area contributed by atoms with Crippen LogP contribution < -0.4 is 4.72 Å². The molecule has 0 spiro atoms. The minimum Gasteiger partial charge on any atom is -0.380 e. The van der Waals surface area contributed by atoms with Gasteiger partial charge >= 0.3 is 0 Å². The van der Waals surface area contributed by atoms with Crippen LogP contribution in [0, 0.1) is 0 Å². The van der Waals surface area contributed by atoms with Crippen LogP contribution in [0.3, 0.4) is 0 Å². The summed E-state index contributed by atoms with van der Waals surface area (Å²) in [5, 5.41) is 0.481. The van der Waals surface area contributed by atoms with Crippen LogP contribution in [-0.2, 0) is 14.8 Å². The van der Waals surface area contributed by atoms with Crippen LogP contribution in [0.25, 0.3) is 0 Å². The van der Waals surface area contributed by atoms with Gasteiger partial charge in [-0.2, -0.15) is 0 Å². The average Bonchev–Trinajstić information content (AvgIpc) is 2.33. The van der Waals surface area contributed by atoms with Crippen LogP contribution in [0.1, 0.15) is 12.8 Å². The number of halogens is 2. The molecule has 100 valence electrons. The third kappa shape index (κ3) is 3.45. The number of hydrogen-bond acceptors (Lipinski definition) is 3. The normalized spacial score (nSPS) is 20.9. The second-order valence-corrected chi connectivity index (χ2v) is 7.09. The third-order valence-corrected chi connectivity index (χ3v) is 5.42. The summed E-state index contributed by atoms with van der Waals surface area (Å²) in [4.78, 5) is 0.198. The summed E-state index contributed by atoms with van der Waals surface area (Å²) in [6.45, 7) is 1.12. The largest absolute Gasteiger partial charge is 0.380 e. The Morgan fingerprint density at radius 3 is 2.83 bits per heavy atom. The first-order valence-corrected chi connectivity index (χ1v) is 8.19. The van der Waals surface area contributed by atoms with E-state index < -0.39 is 10.0 Å². The van der Waals surface area contributed by atoms with Crippen molar-refractivity contribution in [2.45, 2.75) is 23.8 Å². The number of ether oxygens (including phenoxy) is 1. The predicted octanol–water partition coefficient (Wildman–Crippen LogP) is 2.56. The monoisotopic (exact) mass is 353 g/mol. The number of benzene rings is 1. The Labute approximate surface area is 120 Å². The van der Waals surface area contributed by atoms with Gasteiger partial charge in [-0.3, -0.25) is 0 Å². The highest BCUT2D eigenvalue weighted by Crippen LogP contribution is 2.25. The highest BCUT2D eigenvalue weighted by molar-refractivity contribution is 9.10. The molecule has 0 radical (unpaired) electrons. The lowest BCUT2D eigenvalue weighted by molar-refractivity contribution is 0.0774. The van der Waals surface area contributed by atoms with Crippen LogP contribution in [0.15, 0.2) is 27.6 Å². The summed E-state index contributed by atoms with van der Waals surface area (Å²) in [6, 6.07) is 4.38. The van der Waals surface area contributed by atoms with E-state index in [2.05, 4.69) is 20.7 Å². The molecule has 18 heavy (non-hydrogen) atoms.